The molecule has 3 rings (SSSR count). The maximum Gasteiger partial charge on any atom is 0.226 e. The van der Waals surface area contributed by atoms with E-state index in [1.807, 2.05) is 18.2 Å². The van der Waals surface area contributed by atoms with Crippen molar-refractivity contribution in [3.05, 3.63) is 47.3 Å². The van der Waals surface area contributed by atoms with E-state index in [2.05, 4.69) is 20.9 Å². The molecule has 19 heavy (non-hydrogen) atoms. The second kappa shape index (κ2) is 4.58. The summed E-state index contributed by atoms with van der Waals surface area (Å²) >= 11 is 0. The van der Waals surface area contributed by atoms with Gasteiger partial charge in [0.2, 0.25) is 5.95 Å². The molecule has 5 nitrogen and oxygen atoms in total. The van der Waals surface area contributed by atoms with E-state index in [1.165, 1.54) is 5.56 Å². The first-order valence-electron chi connectivity index (χ1n) is 6.12. The summed E-state index contributed by atoms with van der Waals surface area (Å²) in [5.41, 5.74) is 9.63. The van der Waals surface area contributed by atoms with E-state index in [0.717, 1.165) is 24.2 Å². The van der Waals surface area contributed by atoms with E-state index in [0.29, 0.717) is 18.2 Å². The maximum atomic E-state index is 8.88. The third-order valence-corrected chi connectivity index (χ3v) is 3.35. The molecule has 5 heteroatoms. The molecular formula is C14H13N5. The fourth-order valence-corrected chi connectivity index (χ4v) is 2.34. The standard InChI is InChI=1S/C14H13N5/c15-8-11-4-6-17-14(18-11)19-7-5-10-2-1-3-13(16)12(10)9-19/h1-4,6H,5,7,9,16H2. The number of rotatable bonds is 1. The molecule has 1 aromatic heterocycles. The van der Waals surface area contributed by atoms with Gasteiger partial charge in [-0.25, -0.2) is 9.97 Å². The van der Waals surface area contributed by atoms with E-state index in [4.69, 9.17) is 11.0 Å². The average Bonchev–Trinajstić information content (AvgIpc) is 2.47. The SMILES string of the molecule is N#Cc1ccnc(N2CCc3cccc(N)c3C2)n1. The molecule has 0 radical (unpaired) electrons. The average molecular weight is 251 g/mol. The lowest BCUT2D eigenvalue weighted by atomic mass is 9.98. The molecule has 2 heterocycles. The molecule has 1 aliphatic heterocycles. The van der Waals surface area contributed by atoms with Crippen LogP contribution < -0.4 is 10.6 Å². The lowest BCUT2D eigenvalue weighted by Gasteiger charge is -2.29. The van der Waals surface area contributed by atoms with Crippen LogP contribution in [0.5, 0.6) is 0 Å². The molecule has 0 saturated heterocycles. The van der Waals surface area contributed by atoms with Crippen LogP contribution in [-0.4, -0.2) is 16.5 Å². The predicted octanol–water partition coefficient (Wildman–Crippen LogP) is 1.49. The van der Waals surface area contributed by atoms with Crippen LogP contribution in [0.25, 0.3) is 0 Å². The number of anilines is 2. The summed E-state index contributed by atoms with van der Waals surface area (Å²) in [6.07, 6.45) is 2.53. The molecular weight excluding hydrogens is 238 g/mol. The van der Waals surface area contributed by atoms with Crippen LogP contribution in [0.3, 0.4) is 0 Å². The summed E-state index contributed by atoms with van der Waals surface area (Å²) in [5.74, 6) is 0.591. The van der Waals surface area contributed by atoms with Crippen molar-refractivity contribution in [2.24, 2.45) is 0 Å². The Labute approximate surface area is 111 Å². The van der Waals surface area contributed by atoms with Gasteiger partial charge in [-0.3, -0.25) is 0 Å². The van der Waals surface area contributed by atoms with Crippen LogP contribution in [0.15, 0.2) is 30.5 Å². The van der Waals surface area contributed by atoms with Gasteiger partial charge in [0.25, 0.3) is 0 Å². The first kappa shape index (κ1) is 11.5. The van der Waals surface area contributed by atoms with Crippen molar-refractivity contribution < 1.29 is 0 Å². The fraction of sp³-hybridized carbons (Fsp3) is 0.214. The smallest absolute Gasteiger partial charge is 0.226 e. The highest BCUT2D eigenvalue weighted by Crippen LogP contribution is 2.26. The molecule has 0 saturated carbocycles. The number of hydrogen-bond acceptors (Lipinski definition) is 5. The number of nitriles is 1. The highest BCUT2D eigenvalue weighted by atomic mass is 15.2. The third-order valence-electron chi connectivity index (χ3n) is 3.35. The zero-order chi connectivity index (χ0) is 13.2. The van der Waals surface area contributed by atoms with Crippen molar-refractivity contribution in [2.75, 3.05) is 17.2 Å². The van der Waals surface area contributed by atoms with Gasteiger partial charge in [-0.1, -0.05) is 12.1 Å². The summed E-state index contributed by atoms with van der Waals surface area (Å²) < 4.78 is 0. The van der Waals surface area contributed by atoms with E-state index < -0.39 is 0 Å². The van der Waals surface area contributed by atoms with Crippen LogP contribution in [0, 0.1) is 11.3 Å². The molecule has 0 amide bonds. The Morgan fingerprint density at radius 1 is 1.32 bits per heavy atom. The molecule has 0 atom stereocenters. The van der Waals surface area contributed by atoms with Crippen molar-refractivity contribution in [1.82, 2.24) is 9.97 Å². The zero-order valence-electron chi connectivity index (χ0n) is 10.4. The highest BCUT2D eigenvalue weighted by molar-refractivity contribution is 5.54. The van der Waals surface area contributed by atoms with Crippen molar-refractivity contribution in [2.45, 2.75) is 13.0 Å². The molecule has 0 aliphatic carbocycles. The van der Waals surface area contributed by atoms with Gasteiger partial charge < -0.3 is 10.6 Å². The normalized spacial score (nSPS) is 13.7. The number of fused-ring (bicyclic) bond motifs is 1. The minimum atomic E-state index is 0.386. The van der Waals surface area contributed by atoms with E-state index >= 15 is 0 Å². The predicted molar refractivity (Wildman–Crippen MR) is 72.4 cm³/mol. The van der Waals surface area contributed by atoms with Crippen molar-refractivity contribution >= 4 is 11.6 Å². The van der Waals surface area contributed by atoms with Crippen LogP contribution in [0.4, 0.5) is 11.6 Å². The zero-order valence-corrected chi connectivity index (χ0v) is 10.4. The highest BCUT2D eigenvalue weighted by Gasteiger charge is 2.20. The maximum absolute atomic E-state index is 8.88. The van der Waals surface area contributed by atoms with Crippen LogP contribution in [0.1, 0.15) is 16.8 Å². The van der Waals surface area contributed by atoms with Gasteiger partial charge in [0.05, 0.1) is 0 Å². The number of nitrogens with two attached hydrogens (primary N) is 1. The van der Waals surface area contributed by atoms with E-state index in [9.17, 15) is 0 Å². The monoisotopic (exact) mass is 251 g/mol. The van der Waals surface area contributed by atoms with Crippen LogP contribution in [0.2, 0.25) is 0 Å². The Morgan fingerprint density at radius 3 is 3.05 bits per heavy atom. The molecule has 0 spiro atoms. The van der Waals surface area contributed by atoms with Crippen molar-refractivity contribution in [3.8, 4) is 6.07 Å². The Morgan fingerprint density at radius 2 is 2.21 bits per heavy atom. The van der Waals surface area contributed by atoms with Gasteiger partial charge in [-0.2, -0.15) is 5.26 Å². The number of benzene rings is 1. The Hall–Kier alpha value is -2.61. The topological polar surface area (TPSA) is 78.8 Å². The van der Waals surface area contributed by atoms with Crippen LogP contribution in [-0.2, 0) is 13.0 Å². The Kier molecular flexibility index (Phi) is 2.76. The molecule has 2 N–H and O–H groups in total. The summed E-state index contributed by atoms with van der Waals surface area (Å²) in [6, 6.07) is 9.64. The molecule has 1 aliphatic rings. The lowest BCUT2D eigenvalue weighted by molar-refractivity contribution is 0.708. The summed E-state index contributed by atoms with van der Waals surface area (Å²) in [4.78, 5) is 10.5. The summed E-state index contributed by atoms with van der Waals surface area (Å²) in [6.45, 7) is 1.53. The number of aromatic nitrogens is 2. The molecule has 0 unspecified atom stereocenters. The minimum Gasteiger partial charge on any atom is -0.398 e. The van der Waals surface area contributed by atoms with E-state index in [-0.39, 0.29) is 0 Å². The molecule has 0 bridgehead atoms. The first-order valence-corrected chi connectivity index (χ1v) is 6.12. The molecule has 2 aromatic rings. The third kappa shape index (κ3) is 2.08. The second-order valence-corrected chi connectivity index (χ2v) is 4.51. The van der Waals surface area contributed by atoms with Crippen LogP contribution >= 0.6 is 0 Å². The van der Waals surface area contributed by atoms with Gasteiger partial charge in [-0.05, 0) is 29.7 Å². The summed E-state index contributed by atoms with van der Waals surface area (Å²) in [7, 11) is 0. The number of hydrogen-bond donors (Lipinski definition) is 1. The Bertz CT molecular complexity index is 659. The molecule has 94 valence electrons. The van der Waals surface area contributed by atoms with Crippen molar-refractivity contribution in [3.63, 3.8) is 0 Å². The largest absolute Gasteiger partial charge is 0.398 e. The Balaban J connectivity index is 1.93. The van der Waals surface area contributed by atoms with Gasteiger partial charge in [0.1, 0.15) is 11.8 Å². The van der Waals surface area contributed by atoms with E-state index in [1.54, 1.807) is 12.3 Å². The van der Waals surface area contributed by atoms with Gasteiger partial charge in [0, 0.05) is 25.0 Å². The summed E-state index contributed by atoms with van der Waals surface area (Å²) in [5, 5.41) is 8.88. The second-order valence-electron chi connectivity index (χ2n) is 4.51. The molecule has 0 fully saturated rings. The first-order chi connectivity index (χ1) is 9.28. The number of nitrogens with zero attached hydrogens (tertiary/aromatic N) is 4. The van der Waals surface area contributed by atoms with Gasteiger partial charge >= 0.3 is 0 Å². The number of nitrogen functional groups attached to an aromatic ring is 1. The quantitative estimate of drug-likeness (QED) is 0.777. The van der Waals surface area contributed by atoms with Gasteiger partial charge in [-0.15, -0.1) is 0 Å². The lowest BCUT2D eigenvalue weighted by Crippen LogP contribution is -2.32. The van der Waals surface area contributed by atoms with Gasteiger partial charge in [0.15, 0.2) is 0 Å². The molecule has 1 aromatic carbocycles. The fourth-order valence-electron chi connectivity index (χ4n) is 2.34. The minimum absolute atomic E-state index is 0.386. The van der Waals surface area contributed by atoms with Crippen molar-refractivity contribution in [1.29, 1.82) is 5.26 Å².